The summed E-state index contributed by atoms with van der Waals surface area (Å²) < 4.78 is 5.24. The second-order valence-corrected chi connectivity index (χ2v) is 4.17. The monoisotopic (exact) mass is 223 g/mol. The van der Waals surface area contributed by atoms with Crippen molar-refractivity contribution in [2.45, 2.75) is 38.8 Å². The number of benzene rings is 1. The van der Waals surface area contributed by atoms with Gasteiger partial charge in [-0.25, -0.2) is 0 Å². The number of aliphatic hydroxyl groups excluding tert-OH is 1. The highest BCUT2D eigenvalue weighted by atomic mass is 16.5. The van der Waals surface area contributed by atoms with Gasteiger partial charge in [0.15, 0.2) is 0 Å². The van der Waals surface area contributed by atoms with Crippen LogP contribution < -0.4 is 10.5 Å². The second kappa shape index (κ2) is 5.87. The highest BCUT2D eigenvalue weighted by molar-refractivity contribution is 5.38. The van der Waals surface area contributed by atoms with E-state index in [9.17, 15) is 5.11 Å². The first kappa shape index (κ1) is 13.0. The van der Waals surface area contributed by atoms with Gasteiger partial charge in [0, 0.05) is 11.6 Å². The fraction of sp³-hybridized carbons (Fsp3) is 0.538. The maximum atomic E-state index is 10.1. The van der Waals surface area contributed by atoms with Crippen LogP contribution in [0.2, 0.25) is 0 Å². The third-order valence-electron chi connectivity index (χ3n) is 2.79. The third-order valence-corrected chi connectivity index (χ3v) is 2.79. The molecule has 1 aromatic rings. The Morgan fingerprint density at radius 1 is 1.44 bits per heavy atom. The molecule has 3 nitrogen and oxygen atoms in total. The van der Waals surface area contributed by atoms with Crippen LogP contribution in [0.5, 0.6) is 5.75 Å². The van der Waals surface area contributed by atoms with E-state index in [0.717, 1.165) is 23.3 Å². The quantitative estimate of drug-likeness (QED) is 0.804. The molecule has 0 amide bonds. The normalized spacial score (nSPS) is 14.6. The predicted octanol–water partition coefficient (Wildman–Crippen LogP) is 2.16. The van der Waals surface area contributed by atoms with Crippen LogP contribution in [-0.2, 0) is 0 Å². The van der Waals surface area contributed by atoms with Gasteiger partial charge in [-0.15, -0.1) is 0 Å². The Kier molecular flexibility index (Phi) is 4.77. The minimum Gasteiger partial charge on any atom is -0.496 e. The molecule has 2 unspecified atom stereocenters. The van der Waals surface area contributed by atoms with Crippen molar-refractivity contribution in [1.82, 2.24) is 0 Å². The van der Waals surface area contributed by atoms with E-state index in [-0.39, 0.29) is 6.04 Å². The van der Waals surface area contributed by atoms with E-state index in [2.05, 4.69) is 0 Å². The topological polar surface area (TPSA) is 55.5 Å². The largest absolute Gasteiger partial charge is 0.496 e. The molecule has 0 fully saturated rings. The molecule has 0 aliphatic carbocycles. The Balaban J connectivity index is 2.88. The van der Waals surface area contributed by atoms with Gasteiger partial charge in [0.25, 0.3) is 0 Å². The van der Waals surface area contributed by atoms with Crippen molar-refractivity contribution >= 4 is 0 Å². The maximum Gasteiger partial charge on any atom is 0.124 e. The second-order valence-electron chi connectivity index (χ2n) is 4.17. The molecule has 0 bridgehead atoms. The van der Waals surface area contributed by atoms with E-state index in [0.29, 0.717) is 6.42 Å². The molecule has 0 radical (unpaired) electrons. The molecule has 0 spiro atoms. The molecule has 0 aromatic heterocycles. The summed E-state index contributed by atoms with van der Waals surface area (Å²) in [6.07, 6.45) is 0.881. The lowest BCUT2D eigenvalue weighted by Crippen LogP contribution is -2.21. The van der Waals surface area contributed by atoms with Crippen molar-refractivity contribution in [2.75, 3.05) is 7.11 Å². The first-order chi connectivity index (χ1) is 7.58. The van der Waals surface area contributed by atoms with Gasteiger partial charge >= 0.3 is 0 Å². The van der Waals surface area contributed by atoms with Gasteiger partial charge in [-0.2, -0.15) is 0 Å². The summed E-state index contributed by atoms with van der Waals surface area (Å²) in [6.45, 7) is 4.01. The maximum absolute atomic E-state index is 10.1. The lowest BCUT2D eigenvalue weighted by Gasteiger charge is -2.18. The predicted molar refractivity (Wildman–Crippen MR) is 65.6 cm³/mol. The minimum absolute atomic E-state index is 0.0280. The van der Waals surface area contributed by atoms with Crippen LogP contribution >= 0.6 is 0 Å². The van der Waals surface area contributed by atoms with Gasteiger partial charge in [0.05, 0.1) is 13.2 Å². The fourth-order valence-electron chi connectivity index (χ4n) is 1.69. The van der Waals surface area contributed by atoms with Crippen LogP contribution in [0.15, 0.2) is 18.2 Å². The van der Waals surface area contributed by atoms with Gasteiger partial charge in [0.1, 0.15) is 5.75 Å². The molecule has 0 aliphatic heterocycles. The minimum atomic E-state index is -0.551. The third kappa shape index (κ3) is 3.22. The molecule has 90 valence electrons. The zero-order valence-corrected chi connectivity index (χ0v) is 10.2. The van der Waals surface area contributed by atoms with E-state index >= 15 is 0 Å². The highest BCUT2D eigenvalue weighted by Crippen LogP contribution is 2.29. The average molecular weight is 223 g/mol. The van der Waals surface area contributed by atoms with Crippen molar-refractivity contribution in [3.63, 3.8) is 0 Å². The first-order valence-electron chi connectivity index (χ1n) is 5.66. The van der Waals surface area contributed by atoms with Gasteiger partial charge in [-0.05, 0) is 31.9 Å². The van der Waals surface area contributed by atoms with Crippen LogP contribution in [0.4, 0.5) is 0 Å². The lowest BCUT2D eigenvalue weighted by atomic mass is 9.99. The molecule has 3 heteroatoms. The molecule has 0 heterocycles. The number of hydrogen-bond acceptors (Lipinski definition) is 3. The molecular formula is C13H21NO2. The Bertz CT molecular complexity index is 339. The van der Waals surface area contributed by atoms with Crippen molar-refractivity contribution in [3.05, 3.63) is 29.3 Å². The van der Waals surface area contributed by atoms with E-state index in [4.69, 9.17) is 10.5 Å². The lowest BCUT2D eigenvalue weighted by molar-refractivity contribution is 0.153. The zero-order valence-electron chi connectivity index (χ0n) is 10.2. The van der Waals surface area contributed by atoms with Gasteiger partial charge in [-0.3, -0.25) is 0 Å². The Morgan fingerprint density at radius 2 is 2.12 bits per heavy atom. The highest BCUT2D eigenvalue weighted by Gasteiger charge is 2.16. The fourth-order valence-corrected chi connectivity index (χ4v) is 1.69. The number of aliphatic hydroxyl groups is 1. The summed E-state index contributed by atoms with van der Waals surface area (Å²) >= 11 is 0. The van der Waals surface area contributed by atoms with Gasteiger partial charge < -0.3 is 15.6 Å². The summed E-state index contributed by atoms with van der Waals surface area (Å²) in [6, 6.07) is 5.83. The SMILES string of the molecule is CCC(N)CC(O)c1cc(C)ccc1OC. The van der Waals surface area contributed by atoms with Crippen LogP contribution in [0, 0.1) is 6.92 Å². The summed E-state index contributed by atoms with van der Waals surface area (Å²) in [5.74, 6) is 0.724. The average Bonchev–Trinajstić information content (AvgIpc) is 2.28. The van der Waals surface area contributed by atoms with Crippen LogP contribution in [0.25, 0.3) is 0 Å². The molecule has 3 N–H and O–H groups in total. The van der Waals surface area contributed by atoms with E-state index in [1.807, 2.05) is 32.0 Å². The summed E-state index contributed by atoms with van der Waals surface area (Å²) in [5, 5.41) is 10.1. The van der Waals surface area contributed by atoms with E-state index in [1.165, 1.54) is 0 Å². The molecule has 1 aromatic carbocycles. The summed E-state index contributed by atoms with van der Waals surface area (Å²) in [5.41, 5.74) is 7.78. The molecule has 0 aliphatic rings. The number of aryl methyl sites for hydroxylation is 1. The first-order valence-corrected chi connectivity index (χ1v) is 5.66. The van der Waals surface area contributed by atoms with Crippen molar-refractivity contribution in [3.8, 4) is 5.75 Å². The van der Waals surface area contributed by atoms with Crippen molar-refractivity contribution in [1.29, 1.82) is 0 Å². The van der Waals surface area contributed by atoms with Crippen LogP contribution in [0.3, 0.4) is 0 Å². The number of ether oxygens (including phenoxy) is 1. The Morgan fingerprint density at radius 3 is 2.69 bits per heavy atom. The molecule has 0 saturated carbocycles. The Labute approximate surface area is 97.2 Å². The molecule has 16 heavy (non-hydrogen) atoms. The Hall–Kier alpha value is -1.06. The van der Waals surface area contributed by atoms with Crippen molar-refractivity contribution in [2.24, 2.45) is 5.73 Å². The number of rotatable bonds is 5. The molecule has 2 atom stereocenters. The van der Waals surface area contributed by atoms with Gasteiger partial charge in [-0.1, -0.05) is 18.6 Å². The van der Waals surface area contributed by atoms with Crippen LogP contribution in [-0.4, -0.2) is 18.3 Å². The van der Waals surface area contributed by atoms with E-state index < -0.39 is 6.10 Å². The number of nitrogens with two attached hydrogens (primary N) is 1. The number of methoxy groups -OCH3 is 1. The molecule has 1 rings (SSSR count). The van der Waals surface area contributed by atoms with Crippen molar-refractivity contribution < 1.29 is 9.84 Å². The summed E-state index contributed by atoms with van der Waals surface area (Å²) in [7, 11) is 1.61. The standard InChI is InChI=1S/C13H21NO2/c1-4-10(14)8-12(15)11-7-9(2)5-6-13(11)16-3/h5-7,10,12,15H,4,8,14H2,1-3H3. The van der Waals surface area contributed by atoms with Gasteiger partial charge in [0.2, 0.25) is 0 Å². The molecular weight excluding hydrogens is 202 g/mol. The zero-order chi connectivity index (χ0) is 12.1. The van der Waals surface area contributed by atoms with E-state index in [1.54, 1.807) is 7.11 Å². The summed E-state index contributed by atoms with van der Waals surface area (Å²) in [4.78, 5) is 0. The molecule has 0 saturated heterocycles. The smallest absolute Gasteiger partial charge is 0.124 e. The number of hydrogen-bond donors (Lipinski definition) is 2. The van der Waals surface area contributed by atoms with Crippen LogP contribution in [0.1, 0.15) is 37.0 Å².